The van der Waals surface area contributed by atoms with Crippen molar-refractivity contribution in [1.29, 1.82) is 0 Å². The second-order valence-electron chi connectivity index (χ2n) is 5.22. The third-order valence-corrected chi connectivity index (χ3v) is 3.90. The zero-order valence-electron chi connectivity index (χ0n) is 13.1. The number of pyridine rings is 1. The van der Waals surface area contributed by atoms with Crippen molar-refractivity contribution in [2.24, 2.45) is 0 Å². The molecule has 0 aliphatic heterocycles. The Morgan fingerprint density at radius 2 is 1.79 bits per heavy atom. The summed E-state index contributed by atoms with van der Waals surface area (Å²) in [6.07, 6.45) is 3.16. The molecule has 122 valence electrons. The molecule has 7 heteroatoms. The van der Waals surface area contributed by atoms with E-state index in [1.807, 2.05) is 43.3 Å². The van der Waals surface area contributed by atoms with E-state index in [1.165, 1.54) is 6.33 Å². The van der Waals surface area contributed by atoms with Gasteiger partial charge in [0.2, 0.25) is 0 Å². The summed E-state index contributed by atoms with van der Waals surface area (Å²) in [4.78, 5) is 12.7. The van der Waals surface area contributed by atoms with Crippen LogP contribution >= 0.6 is 11.6 Å². The van der Waals surface area contributed by atoms with Crippen LogP contribution in [0, 0.1) is 6.92 Å². The Bertz CT molecular complexity index is 852. The molecule has 0 amide bonds. The number of nitrogen functional groups attached to an aromatic ring is 1. The van der Waals surface area contributed by atoms with Crippen LogP contribution in [0.2, 0.25) is 5.02 Å². The van der Waals surface area contributed by atoms with Crippen LogP contribution in [0.25, 0.3) is 0 Å². The fourth-order valence-electron chi connectivity index (χ4n) is 2.19. The molecular formula is C17H17ClN6. The van der Waals surface area contributed by atoms with Gasteiger partial charge in [0.15, 0.2) is 11.6 Å². The average molecular weight is 341 g/mol. The standard InChI is InChI=1S/C17H17ClN6/c1-11-5-4-8-20-15(11)24-17-14(19)16(22-10-23-17)21-9-12-6-2-3-7-13(12)18/h2-8,10H,9,19H2,1H3,(H2,20,21,22,23,24). The molecule has 0 aliphatic carbocycles. The molecule has 1 aromatic carbocycles. The van der Waals surface area contributed by atoms with Crippen molar-refractivity contribution in [3.8, 4) is 0 Å². The van der Waals surface area contributed by atoms with Gasteiger partial charge in [0.1, 0.15) is 17.8 Å². The number of aromatic nitrogens is 3. The summed E-state index contributed by atoms with van der Waals surface area (Å²) in [6.45, 7) is 2.48. The van der Waals surface area contributed by atoms with Crippen LogP contribution in [0.1, 0.15) is 11.1 Å². The van der Waals surface area contributed by atoms with E-state index in [0.29, 0.717) is 34.7 Å². The number of hydrogen-bond donors (Lipinski definition) is 3. The topological polar surface area (TPSA) is 88.8 Å². The van der Waals surface area contributed by atoms with Crippen LogP contribution in [0.5, 0.6) is 0 Å². The molecule has 4 N–H and O–H groups in total. The number of hydrogen-bond acceptors (Lipinski definition) is 6. The van der Waals surface area contributed by atoms with E-state index in [1.54, 1.807) is 6.20 Å². The zero-order valence-corrected chi connectivity index (χ0v) is 13.9. The smallest absolute Gasteiger partial charge is 0.160 e. The minimum atomic E-state index is 0.426. The molecule has 0 aliphatic rings. The lowest BCUT2D eigenvalue weighted by molar-refractivity contribution is 1.08. The maximum atomic E-state index is 6.17. The molecule has 0 fully saturated rings. The monoisotopic (exact) mass is 340 g/mol. The second-order valence-corrected chi connectivity index (χ2v) is 5.63. The number of halogens is 1. The molecule has 0 radical (unpaired) electrons. The van der Waals surface area contributed by atoms with Crippen molar-refractivity contribution in [3.05, 3.63) is 65.1 Å². The lowest BCUT2D eigenvalue weighted by Crippen LogP contribution is -2.09. The molecule has 0 saturated heterocycles. The summed E-state index contributed by atoms with van der Waals surface area (Å²) in [6, 6.07) is 11.5. The Balaban J connectivity index is 1.78. The first-order valence-corrected chi connectivity index (χ1v) is 7.79. The number of anilines is 4. The Kier molecular flexibility index (Phi) is 4.77. The molecule has 0 spiro atoms. The Morgan fingerprint density at radius 1 is 1.00 bits per heavy atom. The van der Waals surface area contributed by atoms with Gasteiger partial charge < -0.3 is 16.4 Å². The molecular weight excluding hydrogens is 324 g/mol. The minimum absolute atomic E-state index is 0.426. The van der Waals surface area contributed by atoms with Crippen LogP contribution in [0.4, 0.5) is 23.1 Å². The van der Waals surface area contributed by atoms with Gasteiger partial charge in [0.05, 0.1) is 0 Å². The lowest BCUT2D eigenvalue weighted by atomic mass is 10.2. The van der Waals surface area contributed by atoms with Gasteiger partial charge in [-0.25, -0.2) is 15.0 Å². The second kappa shape index (κ2) is 7.14. The third kappa shape index (κ3) is 3.55. The van der Waals surface area contributed by atoms with Crippen LogP contribution in [0.3, 0.4) is 0 Å². The van der Waals surface area contributed by atoms with E-state index in [-0.39, 0.29) is 0 Å². The quantitative estimate of drug-likeness (QED) is 0.655. The number of benzene rings is 1. The molecule has 0 saturated carbocycles. The van der Waals surface area contributed by atoms with E-state index in [0.717, 1.165) is 11.1 Å². The molecule has 2 aromatic heterocycles. The van der Waals surface area contributed by atoms with Gasteiger partial charge in [-0.05, 0) is 30.2 Å². The Morgan fingerprint density at radius 3 is 2.58 bits per heavy atom. The van der Waals surface area contributed by atoms with Crippen molar-refractivity contribution in [2.45, 2.75) is 13.5 Å². The van der Waals surface area contributed by atoms with Crippen molar-refractivity contribution in [1.82, 2.24) is 15.0 Å². The van der Waals surface area contributed by atoms with Crippen LogP contribution in [0.15, 0.2) is 48.9 Å². The summed E-state index contributed by atoms with van der Waals surface area (Å²) in [5, 5.41) is 7.02. The van der Waals surface area contributed by atoms with Crippen LogP contribution in [-0.2, 0) is 6.54 Å². The maximum Gasteiger partial charge on any atom is 0.160 e. The van der Waals surface area contributed by atoms with Gasteiger partial charge in [-0.15, -0.1) is 0 Å². The van der Waals surface area contributed by atoms with Gasteiger partial charge in [-0.3, -0.25) is 0 Å². The van der Waals surface area contributed by atoms with Gasteiger partial charge in [-0.1, -0.05) is 35.9 Å². The highest BCUT2D eigenvalue weighted by Crippen LogP contribution is 2.27. The van der Waals surface area contributed by atoms with E-state index in [9.17, 15) is 0 Å². The fraction of sp³-hybridized carbons (Fsp3) is 0.118. The van der Waals surface area contributed by atoms with Crippen molar-refractivity contribution in [2.75, 3.05) is 16.4 Å². The maximum absolute atomic E-state index is 6.17. The normalized spacial score (nSPS) is 10.4. The highest BCUT2D eigenvalue weighted by molar-refractivity contribution is 6.31. The molecule has 0 atom stereocenters. The SMILES string of the molecule is Cc1cccnc1Nc1ncnc(NCc2ccccc2Cl)c1N. The largest absolute Gasteiger partial charge is 0.393 e. The van der Waals surface area contributed by atoms with Crippen LogP contribution < -0.4 is 16.4 Å². The molecule has 24 heavy (non-hydrogen) atoms. The predicted molar refractivity (Wildman–Crippen MR) is 97.5 cm³/mol. The summed E-state index contributed by atoms with van der Waals surface area (Å²) in [7, 11) is 0. The highest BCUT2D eigenvalue weighted by atomic mass is 35.5. The van der Waals surface area contributed by atoms with E-state index in [2.05, 4.69) is 25.6 Å². The van der Waals surface area contributed by atoms with Gasteiger partial charge >= 0.3 is 0 Å². The zero-order chi connectivity index (χ0) is 16.9. The molecule has 2 heterocycles. The number of aryl methyl sites for hydroxylation is 1. The number of rotatable bonds is 5. The average Bonchev–Trinajstić information content (AvgIpc) is 2.59. The summed E-state index contributed by atoms with van der Waals surface area (Å²) >= 11 is 6.16. The summed E-state index contributed by atoms with van der Waals surface area (Å²) in [5.74, 6) is 1.76. The predicted octanol–water partition coefficient (Wildman–Crippen LogP) is 3.77. The Labute approximate surface area is 145 Å². The molecule has 0 bridgehead atoms. The first-order valence-electron chi connectivity index (χ1n) is 7.41. The van der Waals surface area contributed by atoms with Gasteiger partial charge in [-0.2, -0.15) is 0 Å². The van der Waals surface area contributed by atoms with Crippen molar-refractivity contribution >= 4 is 34.7 Å². The molecule has 6 nitrogen and oxygen atoms in total. The van der Waals surface area contributed by atoms with Crippen LogP contribution in [-0.4, -0.2) is 15.0 Å². The first-order chi connectivity index (χ1) is 11.6. The van der Waals surface area contributed by atoms with E-state index in [4.69, 9.17) is 17.3 Å². The molecule has 0 unspecified atom stereocenters. The number of nitrogens with two attached hydrogens (primary N) is 1. The third-order valence-electron chi connectivity index (χ3n) is 3.53. The summed E-state index contributed by atoms with van der Waals surface area (Å²) in [5.41, 5.74) is 8.56. The molecule has 3 rings (SSSR count). The lowest BCUT2D eigenvalue weighted by Gasteiger charge is -2.13. The highest BCUT2D eigenvalue weighted by Gasteiger charge is 2.10. The first kappa shape index (κ1) is 16.0. The number of nitrogens with one attached hydrogen (secondary N) is 2. The van der Waals surface area contributed by atoms with Crippen molar-refractivity contribution in [3.63, 3.8) is 0 Å². The minimum Gasteiger partial charge on any atom is -0.393 e. The van der Waals surface area contributed by atoms with E-state index >= 15 is 0 Å². The summed E-state index contributed by atoms with van der Waals surface area (Å²) < 4.78 is 0. The van der Waals surface area contributed by atoms with Gasteiger partial charge in [0.25, 0.3) is 0 Å². The Hall–Kier alpha value is -2.86. The van der Waals surface area contributed by atoms with Crippen molar-refractivity contribution < 1.29 is 0 Å². The van der Waals surface area contributed by atoms with E-state index < -0.39 is 0 Å². The number of nitrogens with zero attached hydrogens (tertiary/aromatic N) is 3. The fourth-order valence-corrected chi connectivity index (χ4v) is 2.39. The molecule has 3 aromatic rings. The van der Waals surface area contributed by atoms with Gasteiger partial charge in [0, 0.05) is 17.8 Å².